The first-order chi connectivity index (χ1) is 12.3. The van der Waals surface area contributed by atoms with Crippen LogP contribution < -0.4 is 5.32 Å². The van der Waals surface area contributed by atoms with Gasteiger partial charge in [0, 0.05) is 11.4 Å². The number of thiophene rings is 2. The molecule has 1 N–H and O–H groups in total. The number of hydrogen-bond donors (Lipinski definition) is 1. The van der Waals surface area contributed by atoms with Gasteiger partial charge in [0.2, 0.25) is 5.89 Å². The quantitative estimate of drug-likeness (QED) is 0.488. The molecule has 0 bridgehead atoms. The van der Waals surface area contributed by atoms with Gasteiger partial charge in [0.15, 0.2) is 0 Å². The predicted molar refractivity (Wildman–Crippen MR) is 99.2 cm³/mol. The maximum Gasteiger partial charge on any atom is 0.236 e. The molecule has 0 amide bonds. The van der Waals surface area contributed by atoms with Gasteiger partial charge in [0.25, 0.3) is 0 Å². The SMILES string of the molecule is Fc1ccc(C(NCc2coc(-c3cccs3)n2)c2cccs2)cc1. The smallest absolute Gasteiger partial charge is 0.236 e. The van der Waals surface area contributed by atoms with E-state index in [4.69, 9.17) is 4.42 Å². The molecule has 3 heterocycles. The predicted octanol–water partition coefficient (Wildman–Crippen LogP) is 5.48. The van der Waals surface area contributed by atoms with Crippen LogP contribution in [0, 0.1) is 5.82 Å². The van der Waals surface area contributed by atoms with Crippen molar-refractivity contribution in [1.29, 1.82) is 0 Å². The van der Waals surface area contributed by atoms with Crippen molar-refractivity contribution >= 4 is 22.7 Å². The standard InChI is InChI=1S/C19H15FN2OS2/c20-14-7-5-13(6-8-14)18(16-3-1-9-24-16)21-11-15-12-23-19(22-15)17-4-2-10-25-17/h1-10,12,18,21H,11H2. The van der Waals surface area contributed by atoms with Crippen molar-refractivity contribution < 1.29 is 8.81 Å². The Morgan fingerprint density at radius 3 is 2.56 bits per heavy atom. The fourth-order valence-electron chi connectivity index (χ4n) is 2.60. The Kier molecular flexibility index (Phi) is 4.74. The zero-order chi connectivity index (χ0) is 17.1. The Morgan fingerprint density at radius 1 is 1.04 bits per heavy atom. The maximum absolute atomic E-state index is 13.2. The van der Waals surface area contributed by atoms with Gasteiger partial charge in [-0.05, 0) is 40.6 Å². The first kappa shape index (κ1) is 16.2. The Bertz CT molecular complexity index is 915. The van der Waals surface area contributed by atoms with Crippen molar-refractivity contribution in [2.45, 2.75) is 12.6 Å². The number of benzene rings is 1. The summed E-state index contributed by atoms with van der Waals surface area (Å²) in [5, 5.41) is 7.54. The average molecular weight is 370 g/mol. The lowest BCUT2D eigenvalue weighted by Gasteiger charge is -2.17. The van der Waals surface area contributed by atoms with Crippen LogP contribution >= 0.6 is 22.7 Å². The Labute approximate surface area is 152 Å². The number of hydrogen-bond acceptors (Lipinski definition) is 5. The summed E-state index contributed by atoms with van der Waals surface area (Å²) in [5.41, 5.74) is 1.86. The highest BCUT2D eigenvalue weighted by Gasteiger charge is 2.16. The van der Waals surface area contributed by atoms with Crippen molar-refractivity contribution in [3.05, 3.63) is 87.5 Å². The number of aromatic nitrogens is 1. The molecule has 0 fully saturated rings. The van der Waals surface area contributed by atoms with E-state index in [2.05, 4.69) is 16.4 Å². The Balaban J connectivity index is 1.52. The molecule has 0 radical (unpaired) electrons. The van der Waals surface area contributed by atoms with E-state index >= 15 is 0 Å². The molecule has 0 aliphatic carbocycles. The molecule has 3 nitrogen and oxygen atoms in total. The highest BCUT2D eigenvalue weighted by atomic mass is 32.1. The minimum atomic E-state index is -0.231. The molecule has 0 spiro atoms. The summed E-state index contributed by atoms with van der Waals surface area (Å²) in [6.45, 7) is 0.564. The van der Waals surface area contributed by atoms with E-state index in [1.165, 1.54) is 17.0 Å². The molecule has 0 aliphatic rings. The zero-order valence-corrected chi connectivity index (χ0v) is 14.8. The van der Waals surface area contributed by atoms with Gasteiger partial charge in [0.1, 0.15) is 12.1 Å². The van der Waals surface area contributed by atoms with Crippen molar-refractivity contribution in [1.82, 2.24) is 10.3 Å². The molecule has 25 heavy (non-hydrogen) atoms. The molecule has 126 valence electrons. The van der Waals surface area contributed by atoms with E-state index in [0.29, 0.717) is 12.4 Å². The minimum Gasteiger partial charge on any atom is -0.444 e. The molecule has 0 saturated heterocycles. The van der Waals surface area contributed by atoms with Crippen LogP contribution in [0.5, 0.6) is 0 Å². The van der Waals surface area contributed by atoms with Gasteiger partial charge in [-0.1, -0.05) is 24.3 Å². The van der Waals surface area contributed by atoms with Gasteiger partial charge in [-0.2, -0.15) is 0 Å². The van der Waals surface area contributed by atoms with Crippen molar-refractivity contribution in [3.8, 4) is 10.8 Å². The van der Waals surface area contributed by atoms with Crippen molar-refractivity contribution in [3.63, 3.8) is 0 Å². The van der Waals surface area contributed by atoms with Crippen LogP contribution in [-0.4, -0.2) is 4.98 Å². The lowest BCUT2D eigenvalue weighted by atomic mass is 10.1. The number of oxazole rings is 1. The summed E-state index contributed by atoms with van der Waals surface area (Å²) in [6, 6.07) is 14.6. The van der Waals surface area contributed by atoms with Gasteiger partial charge in [-0.3, -0.25) is 5.32 Å². The minimum absolute atomic E-state index is 0.0116. The third-order valence-electron chi connectivity index (χ3n) is 3.80. The summed E-state index contributed by atoms with van der Waals surface area (Å²) >= 11 is 3.27. The first-order valence-electron chi connectivity index (χ1n) is 7.80. The van der Waals surface area contributed by atoms with Crippen LogP contribution in [0.4, 0.5) is 4.39 Å². The highest BCUT2D eigenvalue weighted by Crippen LogP contribution is 2.27. The third kappa shape index (κ3) is 3.71. The van der Waals surface area contributed by atoms with Crippen LogP contribution in [0.2, 0.25) is 0 Å². The van der Waals surface area contributed by atoms with Crippen LogP contribution in [0.25, 0.3) is 10.8 Å². The molecule has 3 aromatic heterocycles. The summed E-state index contributed by atoms with van der Waals surface area (Å²) in [5.74, 6) is 0.409. The van der Waals surface area contributed by atoms with E-state index in [1.807, 2.05) is 41.1 Å². The molecule has 1 unspecified atom stereocenters. The number of halogens is 1. The van der Waals surface area contributed by atoms with E-state index in [-0.39, 0.29) is 11.9 Å². The van der Waals surface area contributed by atoms with Crippen molar-refractivity contribution in [2.75, 3.05) is 0 Å². The number of rotatable bonds is 6. The van der Waals surface area contributed by atoms with E-state index in [9.17, 15) is 4.39 Å². The molecular formula is C19H15FN2OS2. The lowest BCUT2D eigenvalue weighted by Crippen LogP contribution is -2.21. The second-order valence-electron chi connectivity index (χ2n) is 5.50. The molecule has 1 atom stereocenters. The van der Waals surface area contributed by atoms with Gasteiger partial charge in [0.05, 0.1) is 16.6 Å². The van der Waals surface area contributed by atoms with E-state index in [1.54, 1.807) is 28.9 Å². The molecular weight excluding hydrogens is 355 g/mol. The van der Waals surface area contributed by atoms with Gasteiger partial charge in [-0.25, -0.2) is 9.37 Å². The van der Waals surface area contributed by atoms with Crippen LogP contribution in [0.3, 0.4) is 0 Å². The topological polar surface area (TPSA) is 38.1 Å². The number of nitrogens with one attached hydrogen (secondary N) is 1. The average Bonchev–Trinajstić information content (AvgIpc) is 3.39. The largest absolute Gasteiger partial charge is 0.444 e. The first-order valence-corrected chi connectivity index (χ1v) is 9.56. The maximum atomic E-state index is 13.2. The van der Waals surface area contributed by atoms with E-state index < -0.39 is 0 Å². The summed E-state index contributed by atoms with van der Waals surface area (Å²) in [7, 11) is 0. The lowest BCUT2D eigenvalue weighted by molar-refractivity contribution is 0.566. The van der Waals surface area contributed by atoms with Gasteiger partial charge in [-0.15, -0.1) is 22.7 Å². The van der Waals surface area contributed by atoms with Gasteiger partial charge < -0.3 is 4.42 Å². The monoisotopic (exact) mass is 370 g/mol. The second kappa shape index (κ2) is 7.31. The molecule has 0 aliphatic heterocycles. The van der Waals surface area contributed by atoms with Gasteiger partial charge >= 0.3 is 0 Å². The zero-order valence-electron chi connectivity index (χ0n) is 13.2. The van der Waals surface area contributed by atoms with E-state index in [0.717, 1.165) is 16.1 Å². The highest BCUT2D eigenvalue weighted by molar-refractivity contribution is 7.13. The van der Waals surface area contributed by atoms with Crippen LogP contribution in [0.1, 0.15) is 22.2 Å². The summed E-state index contributed by atoms with van der Waals surface area (Å²) in [4.78, 5) is 6.73. The van der Waals surface area contributed by atoms with Crippen LogP contribution in [-0.2, 0) is 6.54 Å². The molecule has 0 saturated carbocycles. The Morgan fingerprint density at radius 2 is 1.84 bits per heavy atom. The molecule has 4 rings (SSSR count). The third-order valence-corrected chi connectivity index (χ3v) is 5.60. The Hall–Kier alpha value is -2.28. The molecule has 4 aromatic rings. The number of nitrogens with zero attached hydrogens (tertiary/aromatic N) is 1. The van der Waals surface area contributed by atoms with Crippen molar-refractivity contribution in [2.24, 2.45) is 0 Å². The fourth-order valence-corrected chi connectivity index (χ4v) is 4.08. The molecule has 1 aromatic carbocycles. The summed E-state index contributed by atoms with van der Waals surface area (Å²) in [6.07, 6.45) is 1.68. The second-order valence-corrected chi connectivity index (χ2v) is 7.43. The van der Waals surface area contributed by atoms with Crippen LogP contribution in [0.15, 0.2) is 70.0 Å². The molecule has 6 heteroatoms. The summed E-state index contributed by atoms with van der Waals surface area (Å²) < 4.78 is 18.8. The normalized spacial score (nSPS) is 12.4. The fraction of sp³-hybridized carbons (Fsp3) is 0.105.